The summed E-state index contributed by atoms with van der Waals surface area (Å²) in [5.74, 6) is -0.641. The van der Waals surface area contributed by atoms with Gasteiger partial charge in [0.05, 0.1) is 12.8 Å². The van der Waals surface area contributed by atoms with Gasteiger partial charge in [-0.3, -0.25) is 5.32 Å². The highest BCUT2D eigenvalue weighted by Crippen LogP contribution is 2.31. The largest absolute Gasteiger partial charge is 0.497 e. The summed E-state index contributed by atoms with van der Waals surface area (Å²) in [6.45, 7) is 0.0841. The van der Waals surface area contributed by atoms with Crippen molar-refractivity contribution < 1.29 is 24.2 Å². The number of methoxy groups -OCH3 is 1. The van der Waals surface area contributed by atoms with Crippen molar-refractivity contribution >= 4 is 28.7 Å². The van der Waals surface area contributed by atoms with E-state index in [2.05, 4.69) is 10.3 Å². The molecule has 3 aromatic rings. The van der Waals surface area contributed by atoms with E-state index >= 15 is 0 Å². The van der Waals surface area contributed by atoms with Crippen LogP contribution in [0.5, 0.6) is 5.75 Å². The van der Waals surface area contributed by atoms with E-state index in [1.165, 1.54) is 7.11 Å². The Kier molecular flexibility index (Phi) is 4.56. The van der Waals surface area contributed by atoms with Crippen LogP contribution in [0.15, 0.2) is 48.5 Å². The molecule has 0 fully saturated rings. The molecule has 0 saturated carbocycles. The number of fused-ring (bicyclic) bond motifs is 1. The van der Waals surface area contributed by atoms with Crippen molar-refractivity contribution in [2.24, 2.45) is 0 Å². The Labute approximate surface area is 143 Å². The number of carbonyl (C=O) groups is 2. The highest BCUT2D eigenvalue weighted by Gasteiger charge is 2.20. The minimum Gasteiger partial charge on any atom is -0.497 e. The molecule has 0 atom stereocenters. The Morgan fingerprint density at radius 2 is 1.92 bits per heavy atom. The van der Waals surface area contributed by atoms with Crippen LogP contribution in [0.4, 0.5) is 10.5 Å². The lowest BCUT2D eigenvalue weighted by molar-refractivity contribution is 0.0692. The molecule has 0 aliphatic heterocycles. The molecule has 0 aliphatic carbocycles. The van der Waals surface area contributed by atoms with Gasteiger partial charge in [-0.15, -0.1) is 0 Å². The number of carboxylic acid groups (broad SMARTS) is 1. The number of aromatic amines is 1. The summed E-state index contributed by atoms with van der Waals surface area (Å²) in [7, 11) is 1.51. The molecular formula is C18H16N2O5. The monoisotopic (exact) mass is 340 g/mol. The van der Waals surface area contributed by atoms with Gasteiger partial charge in [-0.2, -0.15) is 0 Å². The van der Waals surface area contributed by atoms with E-state index in [9.17, 15) is 14.7 Å². The Balaban J connectivity index is 1.84. The second-order valence-electron chi connectivity index (χ2n) is 5.28. The third-order valence-electron chi connectivity index (χ3n) is 3.66. The van der Waals surface area contributed by atoms with Gasteiger partial charge in [0, 0.05) is 10.9 Å². The van der Waals surface area contributed by atoms with Gasteiger partial charge in [0.25, 0.3) is 0 Å². The second-order valence-corrected chi connectivity index (χ2v) is 5.28. The van der Waals surface area contributed by atoms with Gasteiger partial charge < -0.3 is 19.6 Å². The molecule has 25 heavy (non-hydrogen) atoms. The molecule has 0 saturated heterocycles. The molecule has 0 spiro atoms. The van der Waals surface area contributed by atoms with E-state index in [1.54, 1.807) is 18.2 Å². The first-order valence-electron chi connectivity index (χ1n) is 7.49. The molecule has 1 heterocycles. The van der Waals surface area contributed by atoms with Crippen LogP contribution in [0.3, 0.4) is 0 Å². The van der Waals surface area contributed by atoms with Crippen LogP contribution >= 0.6 is 0 Å². The number of rotatable bonds is 5. The predicted octanol–water partition coefficient (Wildman–Crippen LogP) is 3.62. The second kappa shape index (κ2) is 6.96. The third-order valence-corrected chi connectivity index (χ3v) is 3.66. The Morgan fingerprint density at radius 1 is 1.16 bits per heavy atom. The number of hydrogen-bond donors (Lipinski definition) is 3. The van der Waals surface area contributed by atoms with Gasteiger partial charge in [0.2, 0.25) is 0 Å². The molecule has 3 N–H and O–H groups in total. The fourth-order valence-corrected chi connectivity index (χ4v) is 2.45. The van der Waals surface area contributed by atoms with E-state index < -0.39 is 12.1 Å². The van der Waals surface area contributed by atoms with Crippen LogP contribution in [0.25, 0.3) is 10.9 Å². The zero-order valence-electron chi connectivity index (χ0n) is 13.4. The van der Waals surface area contributed by atoms with Gasteiger partial charge in [-0.25, -0.2) is 9.59 Å². The number of carbonyl (C=O) groups excluding carboxylic acids is 1. The summed E-state index contributed by atoms with van der Waals surface area (Å²) in [5.41, 5.74) is 1.41. The van der Waals surface area contributed by atoms with Crippen molar-refractivity contribution in [3.63, 3.8) is 0 Å². The molecule has 0 aliphatic rings. The summed E-state index contributed by atoms with van der Waals surface area (Å²) in [6, 6.07) is 14.2. The number of amides is 1. The van der Waals surface area contributed by atoms with Crippen LogP contribution in [0, 0.1) is 0 Å². The number of carboxylic acids is 1. The first-order chi connectivity index (χ1) is 12.1. The molecule has 0 unspecified atom stereocenters. The van der Waals surface area contributed by atoms with Crippen molar-refractivity contribution in [2.75, 3.05) is 12.4 Å². The minimum atomic E-state index is -1.19. The summed E-state index contributed by atoms with van der Waals surface area (Å²) in [6.07, 6.45) is -0.741. The van der Waals surface area contributed by atoms with Crippen molar-refractivity contribution in [3.05, 3.63) is 59.8 Å². The zero-order chi connectivity index (χ0) is 17.8. The number of anilines is 1. The van der Waals surface area contributed by atoms with Crippen LogP contribution < -0.4 is 10.1 Å². The summed E-state index contributed by atoms with van der Waals surface area (Å²) >= 11 is 0. The summed E-state index contributed by atoms with van der Waals surface area (Å²) < 4.78 is 10.3. The van der Waals surface area contributed by atoms with E-state index in [0.29, 0.717) is 16.7 Å². The summed E-state index contributed by atoms with van der Waals surface area (Å²) in [5, 5.41) is 12.4. The zero-order valence-corrected chi connectivity index (χ0v) is 13.4. The fourth-order valence-electron chi connectivity index (χ4n) is 2.45. The van der Waals surface area contributed by atoms with Gasteiger partial charge in [-0.05, 0) is 23.8 Å². The molecule has 1 aromatic heterocycles. The number of benzene rings is 2. The lowest BCUT2D eigenvalue weighted by atomic mass is 10.2. The maximum absolute atomic E-state index is 12.1. The van der Waals surface area contributed by atoms with Gasteiger partial charge in [0.1, 0.15) is 18.1 Å². The van der Waals surface area contributed by atoms with E-state index in [0.717, 1.165) is 5.56 Å². The molecule has 7 nitrogen and oxygen atoms in total. The number of hydrogen-bond acceptors (Lipinski definition) is 4. The molecular weight excluding hydrogens is 324 g/mol. The number of ether oxygens (including phenoxy) is 2. The first kappa shape index (κ1) is 16.4. The number of H-pyrrole nitrogens is 1. The SMILES string of the molecule is COc1ccc2[nH]c(C(=O)O)c(NC(=O)OCc3ccccc3)c2c1. The maximum Gasteiger partial charge on any atom is 0.412 e. The van der Waals surface area contributed by atoms with Crippen molar-refractivity contribution in [1.29, 1.82) is 0 Å². The van der Waals surface area contributed by atoms with Gasteiger partial charge >= 0.3 is 12.1 Å². The number of aromatic carboxylic acids is 1. The number of nitrogens with one attached hydrogen (secondary N) is 2. The predicted molar refractivity (Wildman–Crippen MR) is 92.1 cm³/mol. The van der Waals surface area contributed by atoms with E-state index in [4.69, 9.17) is 9.47 Å². The maximum atomic E-state index is 12.1. The Hall–Kier alpha value is -3.48. The Bertz CT molecular complexity index is 918. The van der Waals surface area contributed by atoms with Crippen LogP contribution in [0.1, 0.15) is 16.1 Å². The molecule has 0 bridgehead atoms. The van der Waals surface area contributed by atoms with Crippen LogP contribution in [0.2, 0.25) is 0 Å². The minimum absolute atomic E-state index is 0.0841. The van der Waals surface area contributed by atoms with Crippen molar-refractivity contribution in [1.82, 2.24) is 4.98 Å². The average molecular weight is 340 g/mol. The lowest BCUT2D eigenvalue weighted by Gasteiger charge is -2.08. The van der Waals surface area contributed by atoms with Crippen LogP contribution in [-0.2, 0) is 11.3 Å². The van der Waals surface area contributed by atoms with E-state index in [1.807, 2.05) is 30.3 Å². The highest BCUT2D eigenvalue weighted by atomic mass is 16.5. The first-order valence-corrected chi connectivity index (χ1v) is 7.49. The molecule has 128 valence electrons. The van der Waals surface area contributed by atoms with Crippen LogP contribution in [-0.4, -0.2) is 29.3 Å². The smallest absolute Gasteiger partial charge is 0.412 e. The normalized spacial score (nSPS) is 10.4. The lowest BCUT2D eigenvalue weighted by Crippen LogP contribution is -2.15. The number of aromatic nitrogens is 1. The molecule has 3 rings (SSSR count). The molecule has 7 heteroatoms. The quantitative estimate of drug-likeness (QED) is 0.658. The molecule has 2 aromatic carbocycles. The molecule has 1 amide bonds. The standard InChI is InChI=1S/C18H16N2O5/c1-24-12-7-8-14-13(9-12)15(16(19-14)17(21)22)20-18(23)25-10-11-5-3-2-4-6-11/h2-9,19H,10H2,1H3,(H,20,23)(H,21,22). The summed E-state index contributed by atoms with van der Waals surface area (Å²) in [4.78, 5) is 26.3. The highest BCUT2D eigenvalue weighted by molar-refractivity contribution is 6.09. The third kappa shape index (κ3) is 3.55. The molecule has 0 radical (unpaired) electrons. The van der Waals surface area contributed by atoms with Gasteiger partial charge in [0.15, 0.2) is 0 Å². The van der Waals surface area contributed by atoms with Gasteiger partial charge in [-0.1, -0.05) is 30.3 Å². The topological polar surface area (TPSA) is 101 Å². The fraction of sp³-hybridized carbons (Fsp3) is 0.111. The van der Waals surface area contributed by atoms with E-state index in [-0.39, 0.29) is 18.0 Å². The van der Waals surface area contributed by atoms with Crippen molar-refractivity contribution in [3.8, 4) is 5.75 Å². The average Bonchev–Trinajstić information content (AvgIpc) is 2.99. The van der Waals surface area contributed by atoms with Crippen molar-refractivity contribution in [2.45, 2.75) is 6.61 Å². The Morgan fingerprint density at radius 3 is 2.60 bits per heavy atom.